The molecule has 3 N–H and O–H groups in total. The monoisotopic (exact) mass is 661 g/mol. The average molecular weight is 663 g/mol. The number of methoxy groups -OCH3 is 1. The van der Waals surface area contributed by atoms with Crippen LogP contribution in [0.15, 0.2) is 60.8 Å². The van der Waals surface area contributed by atoms with E-state index in [1.165, 1.54) is 0 Å². The van der Waals surface area contributed by atoms with Gasteiger partial charge in [0.25, 0.3) is 0 Å². The van der Waals surface area contributed by atoms with Crippen molar-refractivity contribution >= 4 is 29.1 Å². The van der Waals surface area contributed by atoms with Crippen LogP contribution in [-0.4, -0.2) is 71.4 Å². The molecule has 0 bridgehead atoms. The quantitative estimate of drug-likeness (QED) is 0.198. The van der Waals surface area contributed by atoms with Crippen LogP contribution < -0.4 is 20.1 Å². The number of hydrogen-bond acceptors (Lipinski definition) is 8. The Labute approximate surface area is 278 Å². The van der Waals surface area contributed by atoms with Crippen LogP contribution in [0, 0.1) is 0 Å². The van der Waals surface area contributed by atoms with Crippen LogP contribution in [0.1, 0.15) is 30.9 Å². The van der Waals surface area contributed by atoms with Gasteiger partial charge in [0.05, 0.1) is 34.6 Å². The van der Waals surface area contributed by atoms with Gasteiger partial charge in [0, 0.05) is 84.8 Å². The molecule has 0 spiro atoms. The van der Waals surface area contributed by atoms with Gasteiger partial charge in [0.1, 0.15) is 12.4 Å². The first kappa shape index (κ1) is 32.2. The highest BCUT2D eigenvalue weighted by atomic mass is 35.5. The summed E-state index contributed by atoms with van der Waals surface area (Å²) in [6, 6.07) is 17.7. The summed E-state index contributed by atoms with van der Waals surface area (Å²) >= 11 is 14.1. The normalized spacial score (nSPS) is 17.2. The molecule has 0 saturated carbocycles. The van der Waals surface area contributed by atoms with Crippen LogP contribution in [0.4, 0.5) is 0 Å². The summed E-state index contributed by atoms with van der Waals surface area (Å²) in [5, 5.41) is 17.2. The third kappa shape index (κ3) is 7.14. The number of ether oxygens (including phenoxy) is 2. The number of hydrogen-bond donors (Lipinski definition) is 3. The Morgan fingerprint density at radius 2 is 1.96 bits per heavy atom. The molecule has 2 aliphatic rings. The third-order valence-electron chi connectivity index (χ3n) is 8.30. The molecule has 1 amide bonds. The number of carbonyl (C=O) groups excluding carboxylic acids is 1. The van der Waals surface area contributed by atoms with Gasteiger partial charge in [0.2, 0.25) is 11.8 Å². The Hall–Kier alpha value is -3.73. The van der Waals surface area contributed by atoms with Crippen molar-refractivity contribution in [3.05, 3.63) is 82.0 Å². The van der Waals surface area contributed by atoms with E-state index in [1.807, 2.05) is 54.6 Å². The highest BCUT2D eigenvalue weighted by molar-refractivity contribution is 6.39. The van der Waals surface area contributed by atoms with E-state index in [1.54, 1.807) is 20.2 Å². The summed E-state index contributed by atoms with van der Waals surface area (Å²) in [5.41, 5.74) is 6.37. The van der Waals surface area contributed by atoms with Gasteiger partial charge in [-0.1, -0.05) is 59.6 Å². The lowest BCUT2D eigenvalue weighted by Gasteiger charge is -2.20. The van der Waals surface area contributed by atoms with Crippen LogP contribution in [0.25, 0.3) is 33.6 Å². The van der Waals surface area contributed by atoms with Gasteiger partial charge in [-0.3, -0.25) is 14.7 Å². The number of amides is 1. The van der Waals surface area contributed by atoms with Gasteiger partial charge in [-0.25, -0.2) is 4.98 Å². The standard InChI is InChI=1S/C35H37Cl2N5O4/c1-21(43)19-42-14-15-46-30-16-22(6-7-24(30)20-42)34-33(37)27(12-13-39-34)26-4-3-5-28(32(26)36)29-10-8-23(35(41-29)45-2)17-38-18-25-9-11-31(44)40-25/h3-8,10,12-13,16,21,25,38,43H,9,11,14-15,17-20H2,1-2H3,(H,40,44)/t21?,25-/m1/s1. The second-order valence-corrected chi connectivity index (χ2v) is 12.5. The van der Waals surface area contributed by atoms with Gasteiger partial charge < -0.3 is 25.2 Å². The predicted octanol–water partition coefficient (Wildman–Crippen LogP) is 5.74. The maximum atomic E-state index is 11.5. The topological polar surface area (TPSA) is 109 Å². The van der Waals surface area contributed by atoms with E-state index in [0.29, 0.717) is 66.5 Å². The van der Waals surface area contributed by atoms with Gasteiger partial charge in [-0.2, -0.15) is 0 Å². The molecule has 4 aromatic rings. The van der Waals surface area contributed by atoms with Gasteiger partial charge in [-0.05, 0) is 31.5 Å². The molecule has 0 radical (unpaired) electrons. The number of aliphatic hydroxyl groups excluding tert-OH is 1. The molecule has 1 saturated heterocycles. The van der Waals surface area contributed by atoms with E-state index in [9.17, 15) is 9.90 Å². The van der Waals surface area contributed by atoms with Crippen molar-refractivity contribution in [2.45, 2.75) is 45.0 Å². The third-order valence-corrected chi connectivity index (χ3v) is 9.09. The first-order valence-electron chi connectivity index (χ1n) is 15.4. The molecule has 6 rings (SSSR count). The number of nitrogens with zero attached hydrogens (tertiary/aromatic N) is 3. The lowest BCUT2D eigenvalue weighted by atomic mass is 9.99. The highest BCUT2D eigenvalue weighted by Crippen LogP contribution is 2.42. The fourth-order valence-electron chi connectivity index (χ4n) is 6.03. The summed E-state index contributed by atoms with van der Waals surface area (Å²) in [7, 11) is 1.60. The highest BCUT2D eigenvalue weighted by Gasteiger charge is 2.22. The first-order chi connectivity index (χ1) is 22.3. The van der Waals surface area contributed by atoms with E-state index >= 15 is 0 Å². The summed E-state index contributed by atoms with van der Waals surface area (Å²) in [4.78, 5) is 23.1. The second-order valence-electron chi connectivity index (χ2n) is 11.7. The summed E-state index contributed by atoms with van der Waals surface area (Å²) in [5.74, 6) is 1.40. The molecule has 4 heterocycles. The molecular formula is C35H37Cl2N5O4. The minimum atomic E-state index is -0.407. The molecule has 2 aliphatic heterocycles. The van der Waals surface area contributed by atoms with E-state index in [2.05, 4.69) is 20.5 Å². The van der Waals surface area contributed by atoms with Crippen molar-refractivity contribution in [1.82, 2.24) is 25.5 Å². The fraction of sp³-hybridized carbons (Fsp3) is 0.343. The number of benzene rings is 2. The van der Waals surface area contributed by atoms with Crippen molar-refractivity contribution in [1.29, 1.82) is 0 Å². The molecule has 0 aliphatic carbocycles. The molecule has 1 unspecified atom stereocenters. The lowest BCUT2D eigenvalue weighted by Crippen LogP contribution is -2.35. The molecule has 2 aromatic carbocycles. The number of carbonyl (C=O) groups is 1. The molecule has 240 valence electrons. The number of aromatic nitrogens is 2. The van der Waals surface area contributed by atoms with Crippen molar-refractivity contribution in [3.63, 3.8) is 0 Å². The number of pyridine rings is 2. The number of β-amino-alcohol motifs (C(OH)–C–C–N with tert-alkyl or cyclic N) is 1. The average Bonchev–Trinajstić information content (AvgIpc) is 3.35. The van der Waals surface area contributed by atoms with Gasteiger partial charge in [0.15, 0.2) is 0 Å². The van der Waals surface area contributed by atoms with Gasteiger partial charge in [-0.15, -0.1) is 0 Å². The summed E-state index contributed by atoms with van der Waals surface area (Å²) in [6.07, 6.45) is 2.74. The number of rotatable bonds is 10. The predicted molar refractivity (Wildman–Crippen MR) is 180 cm³/mol. The summed E-state index contributed by atoms with van der Waals surface area (Å²) < 4.78 is 11.7. The maximum Gasteiger partial charge on any atom is 0.220 e. The molecular weight excluding hydrogens is 625 g/mol. The number of fused-ring (bicyclic) bond motifs is 1. The van der Waals surface area contributed by atoms with Crippen molar-refractivity contribution < 1.29 is 19.4 Å². The zero-order chi connectivity index (χ0) is 32.2. The fourth-order valence-corrected chi connectivity index (χ4v) is 6.68. The number of halogens is 2. The van der Waals surface area contributed by atoms with Crippen LogP contribution in [0.5, 0.6) is 11.6 Å². The lowest BCUT2D eigenvalue weighted by molar-refractivity contribution is -0.119. The Balaban J connectivity index is 1.25. The summed E-state index contributed by atoms with van der Waals surface area (Å²) in [6.45, 7) is 5.58. The van der Waals surface area contributed by atoms with Crippen LogP contribution >= 0.6 is 23.2 Å². The molecule has 9 nitrogen and oxygen atoms in total. The SMILES string of the molecule is COc1nc(-c2cccc(-c3ccnc(-c4ccc5c(c4)OCCN(CC(C)O)C5)c3Cl)c2Cl)ccc1CNC[C@H]1CCC(=O)N1. The molecule has 11 heteroatoms. The minimum absolute atomic E-state index is 0.101. The van der Waals surface area contributed by atoms with Crippen molar-refractivity contribution in [2.24, 2.45) is 0 Å². The largest absolute Gasteiger partial charge is 0.492 e. The van der Waals surface area contributed by atoms with Crippen molar-refractivity contribution in [2.75, 3.05) is 33.4 Å². The van der Waals surface area contributed by atoms with E-state index < -0.39 is 6.10 Å². The second kappa shape index (κ2) is 14.4. The van der Waals surface area contributed by atoms with Crippen LogP contribution in [-0.2, 0) is 17.9 Å². The van der Waals surface area contributed by atoms with E-state index in [-0.39, 0.29) is 11.9 Å². The smallest absolute Gasteiger partial charge is 0.220 e. The molecule has 2 atom stereocenters. The molecule has 1 fully saturated rings. The Morgan fingerprint density at radius 3 is 2.74 bits per heavy atom. The zero-order valence-corrected chi connectivity index (χ0v) is 27.4. The number of aliphatic hydroxyl groups is 1. The minimum Gasteiger partial charge on any atom is -0.492 e. The Bertz CT molecular complexity index is 1730. The Kier molecular flexibility index (Phi) is 10.1. The zero-order valence-electron chi connectivity index (χ0n) is 25.9. The van der Waals surface area contributed by atoms with Crippen LogP contribution in [0.2, 0.25) is 10.0 Å². The van der Waals surface area contributed by atoms with E-state index in [0.717, 1.165) is 52.1 Å². The number of nitrogens with one attached hydrogen (secondary N) is 2. The maximum absolute atomic E-state index is 11.5. The van der Waals surface area contributed by atoms with Gasteiger partial charge >= 0.3 is 0 Å². The van der Waals surface area contributed by atoms with Crippen LogP contribution in [0.3, 0.4) is 0 Å². The van der Waals surface area contributed by atoms with Crippen molar-refractivity contribution in [3.8, 4) is 45.3 Å². The molecule has 2 aromatic heterocycles. The first-order valence-corrected chi connectivity index (χ1v) is 16.2. The molecule has 46 heavy (non-hydrogen) atoms. The Morgan fingerprint density at radius 1 is 1.13 bits per heavy atom. The van der Waals surface area contributed by atoms with E-state index in [4.69, 9.17) is 37.7 Å².